The highest BCUT2D eigenvalue weighted by Crippen LogP contribution is 2.24. The molecule has 0 aliphatic heterocycles. The quantitative estimate of drug-likeness (QED) is 0.940. The van der Waals surface area contributed by atoms with E-state index in [1.165, 1.54) is 23.2 Å². The van der Waals surface area contributed by atoms with Crippen LogP contribution >= 0.6 is 11.3 Å². The maximum absolute atomic E-state index is 12.2. The number of nitrogens with zero attached hydrogens (tertiary/aromatic N) is 1. The number of carbonyl (C=O) groups is 1. The molecule has 0 saturated heterocycles. The Labute approximate surface area is 128 Å². The van der Waals surface area contributed by atoms with E-state index < -0.39 is 10.0 Å². The lowest BCUT2D eigenvalue weighted by molar-refractivity contribution is -0.116. The van der Waals surface area contributed by atoms with Crippen LogP contribution in [0.5, 0.6) is 0 Å². The van der Waals surface area contributed by atoms with E-state index in [0.717, 1.165) is 4.88 Å². The van der Waals surface area contributed by atoms with Gasteiger partial charge < -0.3 is 4.90 Å². The van der Waals surface area contributed by atoms with Crippen LogP contribution in [0.4, 0.5) is 11.4 Å². The summed E-state index contributed by atoms with van der Waals surface area (Å²) < 4.78 is 27.2. The molecule has 0 aliphatic rings. The molecule has 0 fully saturated rings. The third-order valence-electron chi connectivity index (χ3n) is 2.96. The molecule has 1 aromatic carbocycles. The Bertz CT molecular complexity index is 749. The van der Waals surface area contributed by atoms with E-state index in [-0.39, 0.29) is 10.1 Å². The van der Waals surface area contributed by atoms with E-state index in [9.17, 15) is 13.2 Å². The summed E-state index contributed by atoms with van der Waals surface area (Å²) in [7, 11) is -1.89. The number of benzene rings is 1. The van der Waals surface area contributed by atoms with Crippen LogP contribution in [0.15, 0.2) is 40.6 Å². The summed E-state index contributed by atoms with van der Waals surface area (Å²) >= 11 is 1.22. The number of amides is 1. The Hall–Kier alpha value is -1.86. The summed E-state index contributed by atoms with van der Waals surface area (Å²) in [5.74, 6) is -0.0857. The van der Waals surface area contributed by atoms with E-state index in [0.29, 0.717) is 11.4 Å². The van der Waals surface area contributed by atoms with Crippen molar-refractivity contribution in [2.75, 3.05) is 16.7 Å². The predicted molar refractivity (Wildman–Crippen MR) is 85.4 cm³/mol. The molecule has 0 spiro atoms. The van der Waals surface area contributed by atoms with Crippen molar-refractivity contribution in [1.29, 1.82) is 0 Å². The van der Waals surface area contributed by atoms with Gasteiger partial charge in [-0.05, 0) is 43.3 Å². The Balaban J connectivity index is 2.19. The van der Waals surface area contributed by atoms with Crippen molar-refractivity contribution in [3.05, 3.63) is 41.3 Å². The Morgan fingerprint density at radius 2 is 1.76 bits per heavy atom. The molecule has 2 rings (SSSR count). The molecule has 0 saturated carbocycles. The highest BCUT2D eigenvalue weighted by atomic mass is 32.2. The Morgan fingerprint density at radius 1 is 1.14 bits per heavy atom. The first-order valence-electron chi connectivity index (χ1n) is 6.23. The molecule has 0 unspecified atom stereocenters. The van der Waals surface area contributed by atoms with Crippen LogP contribution in [0.1, 0.15) is 11.8 Å². The number of thiophene rings is 1. The van der Waals surface area contributed by atoms with E-state index in [4.69, 9.17) is 0 Å². The van der Waals surface area contributed by atoms with Gasteiger partial charge in [-0.2, -0.15) is 0 Å². The van der Waals surface area contributed by atoms with Crippen LogP contribution in [-0.2, 0) is 14.8 Å². The molecule has 1 heterocycles. The molecule has 1 aromatic heterocycles. The third-order valence-corrected chi connectivity index (χ3v) is 5.83. The molecule has 1 N–H and O–H groups in total. The highest BCUT2D eigenvalue weighted by molar-refractivity contribution is 7.94. The maximum Gasteiger partial charge on any atom is 0.271 e. The lowest BCUT2D eigenvalue weighted by Crippen LogP contribution is -2.22. The Morgan fingerprint density at radius 3 is 2.24 bits per heavy atom. The zero-order chi connectivity index (χ0) is 15.6. The first-order valence-corrected chi connectivity index (χ1v) is 8.53. The van der Waals surface area contributed by atoms with Gasteiger partial charge in [0.25, 0.3) is 10.0 Å². The second kappa shape index (κ2) is 5.87. The monoisotopic (exact) mass is 324 g/mol. The number of sulfonamides is 1. The molecule has 0 radical (unpaired) electrons. The number of hydrogen-bond donors (Lipinski definition) is 1. The number of rotatable bonds is 4. The second-order valence-corrected chi connectivity index (χ2v) is 7.79. The number of anilines is 2. The van der Waals surface area contributed by atoms with Gasteiger partial charge in [-0.25, -0.2) is 8.42 Å². The largest absolute Gasteiger partial charge is 0.316 e. The van der Waals surface area contributed by atoms with Crippen LogP contribution in [0.2, 0.25) is 0 Å². The number of carbonyl (C=O) groups excluding carboxylic acids is 1. The lowest BCUT2D eigenvalue weighted by Gasteiger charge is -2.15. The molecule has 0 bridgehead atoms. The van der Waals surface area contributed by atoms with Gasteiger partial charge in [0.15, 0.2) is 0 Å². The summed E-state index contributed by atoms with van der Waals surface area (Å²) in [6, 6.07) is 10.0. The summed E-state index contributed by atoms with van der Waals surface area (Å²) in [5, 5.41) is 0. The molecular weight excluding hydrogens is 308 g/mol. The average Bonchev–Trinajstić information content (AvgIpc) is 2.86. The van der Waals surface area contributed by atoms with Crippen molar-refractivity contribution in [2.45, 2.75) is 18.1 Å². The number of aryl methyl sites for hydroxylation is 1. The van der Waals surface area contributed by atoms with Gasteiger partial charge in [-0.1, -0.05) is 0 Å². The van der Waals surface area contributed by atoms with Gasteiger partial charge in [0.1, 0.15) is 4.21 Å². The van der Waals surface area contributed by atoms with Gasteiger partial charge in [-0.15, -0.1) is 11.3 Å². The fraction of sp³-hybridized carbons (Fsp3) is 0.214. The number of nitrogens with one attached hydrogen (secondary N) is 1. The molecule has 0 atom stereocenters. The zero-order valence-corrected chi connectivity index (χ0v) is 13.6. The SMILES string of the molecule is CC(=O)N(C)c1ccc(NS(=O)(=O)c2ccc(C)s2)cc1. The van der Waals surface area contributed by atoms with Gasteiger partial charge >= 0.3 is 0 Å². The highest BCUT2D eigenvalue weighted by Gasteiger charge is 2.16. The lowest BCUT2D eigenvalue weighted by atomic mass is 10.2. The van der Waals surface area contributed by atoms with Crippen molar-refractivity contribution in [1.82, 2.24) is 0 Å². The molecule has 2 aromatic rings. The molecule has 21 heavy (non-hydrogen) atoms. The van der Waals surface area contributed by atoms with E-state index in [1.807, 2.05) is 6.92 Å². The maximum atomic E-state index is 12.2. The van der Waals surface area contributed by atoms with Gasteiger partial charge in [0.05, 0.1) is 0 Å². The van der Waals surface area contributed by atoms with Crippen molar-refractivity contribution >= 4 is 38.6 Å². The second-order valence-electron chi connectivity index (χ2n) is 4.60. The normalized spacial score (nSPS) is 11.2. The van der Waals surface area contributed by atoms with Crippen LogP contribution in [0, 0.1) is 6.92 Å². The molecule has 5 nitrogen and oxygen atoms in total. The fourth-order valence-electron chi connectivity index (χ4n) is 1.70. The number of hydrogen-bond acceptors (Lipinski definition) is 4. The van der Waals surface area contributed by atoms with Gasteiger partial charge in [0, 0.05) is 30.2 Å². The molecule has 112 valence electrons. The van der Waals surface area contributed by atoms with E-state index in [1.54, 1.807) is 43.4 Å². The minimum absolute atomic E-state index is 0.0857. The van der Waals surface area contributed by atoms with E-state index >= 15 is 0 Å². The van der Waals surface area contributed by atoms with Crippen molar-refractivity contribution in [3.8, 4) is 0 Å². The van der Waals surface area contributed by atoms with Gasteiger partial charge in [0.2, 0.25) is 5.91 Å². The average molecular weight is 324 g/mol. The zero-order valence-electron chi connectivity index (χ0n) is 12.0. The summed E-state index contributed by atoms with van der Waals surface area (Å²) in [6.07, 6.45) is 0. The predicted octanol–water partition coefficient (Wildman–Crippen LogP) is 2.84. The van der Waals surface area contributed by atoms with Crippen LogP contribution < -0.4 is 9.62 Å². The topological polar surface area (TPSA) is 66.5 Å². The smallest absolute Gasteiger partial charge is 0.271 e. The van der Waals surface area contributed by atoms with Crippen LogP contribution in [-0.4, -0.2) is 21.4 Å². The molecule has 7 heteroatoms. The standard InChI is InChI=1S/C14H16N2O3S2/c1-10-4-9-14(20-10)21(18,19)15-12-5-7-13(8-6-12)16(3)11(2)17/h4-9,15H,1-3H3. The van der Waals surface area contributed by atoms with Crippen molar-refractivity contribution in [3.63, 3.8) is 0 Å². The summed E-state index contributed by atoms with van der Waals surface area (Å²) in [5.41, 5.74) is 1.17. The van der Waals surface area contributed by atoms with Crippen LogP contribution in [0.25, 0.3) is 0 Å². The summed E-state index contributed by atoms with van der Waals surface area (Å²) in [6.45, 7) is 3.33. The van der Waals surface area contributed by atoms with Crippen molar-refractivity contribution < 1.29 is 13.2 Å². The Kier molecular flexibility index (Phi) is 4.34. The fourth-order valence-corrected chi connectivity index (χ4v) is 4.04. The third kappa shape index (κ3) is 3.62. The van der Waals surface area contributed by atoms with Gasteiger partial charge in [-0.3, -0.25) is 9.52 Å². The first-order chi connectivity index (χ1) is 9.79. The first kappa shape index (κ1) is 15.5. The summed E-state index contributed by atoms with van der Waals surface area (Å²) in [4.78, 5) is 13.7. The molecular formula is C14H16N2O3S2. The minimum Gasteiger partial charge on any atom is -0.316 e. The minimum atomic E-state index is -3.55. The van der Waals surface area contributed by atoms with E-state index in [2.05, 4.69) is 4.72 Å². The van der Waals surface area contributed by atoms with Crippen LogP contribution in [0.3, 0.4) is 0 Å². The molecule has 1 amide bonds. The molecule has 0 aliphatic carbocycles. The van der Waals surface area contributed by atoms with Crippen molar-refractivity contribution in [2.24, 2.45) is 0 Å².